The standard InChI is InChI=1S/C14H13ClFNO2/c1-18-11-3-5-14(13(17)7-11)19-8-9-6-10(15)2-4-12(9)16/h2-7H,8,17H2,1H3. The lowest BCUT2D eigenvalue weighted by Crippen LogP contribution is -2.01. The van der Waals surface area contributed by atoms with Crippen LogP contribution in [0, 0.1) is 5.82 Å². The molecule has 100 valence electrons. The number of rotatable bonds is 4. The minimum atomic E-state index is -0.364. The van der Waals surface area contributed by atoms with E-state index >= 15 is 0 Å². The molecule has 0 atom stereocenters. The highest BCUT2D eigenvalue weighted by molar-refractivity contribution is 6.30. The van der Waals surface area contributed by atoms with E-state index in [4.69, 9.17) is 26.8 Å². The first kappa shape index (κ1) is 13.5. The van der Waals surface area contributed by atoms with Crippen LogP contribution in [-0.4, -0.2) is 7.11 Å². The molecule has 0 fully saturated rings. The van der Waals surface area contributed by atoms with Gasteiger partial charge in [-0.05, 0) is 30.3 Å². The van der Waals surface area contributed by atoms with E-state index in [0.29, 0.717) is 27.8 Å². The lowest BCUT2D eigenvalue weighted by Gasteiger charge is -2.11. The van der Waals surface area contributed by atoms with Gasteiger partial charge >= 0.3 is 0 Å². The van der Waals surface area contributed by atoms with Crippen LogP contribution in [0.1, 0.15) is 5.56 Å². The summed E-state index contributed by atoms with van der Waals surface area (Å²) in [4.78, 5) is 0. The Hall–Kier alpha value is -1.94. The molecule has 2 N–H and O–H groups in total. The first-order valence-electron chi connectivity index (χ1n) is 5.60. The van der Waals surface area contributed by atoms with E-state index in [1.54, 1.807) is 25.3 Å². The summed E-state index contributed by atoms with van der Waals surface area (Å²) in [5, 5.41) is 0.461. The molecule has 2 aromatic carbocycles. The number of nitrogens with two attached hydrogens (primary N) is 1. The molecule has 3 nitrogen and oxygen atoms in total. The molecule has 0 heterocycles. The maximum atomic E-state index is 13.5. The summed E-state index contributed by atoms with van der Waals surface area (Å²) in [6.45, 7) is 0.0585. The molecule has 0 bridgehead atoms. The maximum Gasteiger partial charge on any atom is 0.142 e. The number of benzene rings is 2. The predicted molar refractivity (Wildman–Crippen MR) is 73.1 cm³/mol. The Labute approximate surface area is 115 Å². The highest BCUT2D eigenvalue weighted by Crippen LogP contribution is 2.27. The van der Waals surface area contributed by atoms with Gasteiger partial charge in [0, 0.05) is 16.7 Å². The number of ether oxygens (including phenoxy) is 2. The summed E-state index contributed by atoms with van der Waals surface area (Å²) in [7, 11) is 1.55. The van der Waals surface area contributed by atoms with Crippen LogP contribution in [0.3, 0.4) is 0 Å². The van der Waals surface area contributed by atoms with Crippen molar-refractivity contribution in [3.63, 3.8) is 0 Å². The molecule has 2 rings (SSSR count). The zero-order chi connectivity index (χ0) is 13.8. The quantitative estimate of drug-likeness (QED) is 0.870. The Morgan fingerprint density at radius 1 is 1.21 bits per heavy atom. The molecule has 5 heteroatoms. The van der Waals surface area contributed by atoms with E-state index in [2.05, 4.69) is 0 Å². The summed E-state index contributed by atoms with van der Waals surface area (Å²) in [5.41, 5.74) is 6.61. The molecular formula is C14H13ClFNO2. The monoisotopic (exact) mass is 281 g/mol. The van der Waals surface area contributed by atoms with Gasteiger partial charge in [-0.15, -0.1) is 0 Å². The number of hydrogen-bond donors (Lipinski definition) is 1. The zero-order valence-electron chi connectivity index (χ0n) is 10.3. The average molecular weight is 282 g/mol. The molecule has 0 unspecified atom stereocenters. The number of nitrogen functional groups attached to an aromatic ring is 1. The fourth-order valence-electron chi connectivity index (χ4n) is 1.59. The second kappa shape index (κ2) is 5.80. The molecule has 0 aliphatic carbocycles. The van der Waals surface area contributed by atoms with Gasteiger partial charge in [0.2, 0.25) is 0 Å². The minimum absolute atomic E-state index is 0.0585. The molecule has 0 spiro atoms. The van der Waals surface area contributed by atoms with Crippen molar-refractivity contribution < 1.29 is 13.9 Å². The van der Waals surface area contributed by atoms with Crippen molar-refractivity contribution in [3.05, 3.63) is 52.8 Å². The maximum absolute atomic E-state index is 13.5. The fraction of sp³-hybridized carbons (Fsp3) is 0.143. The van der Waals surface area contributed by atoms with Crippen molar-refractivity contribution in [2.75, 3.05) is 12.8 Å². The molecular weight excluding hydrogens is 269 g/mol. The van der Waals surface area contributed by atoms with Crippen LogP contribution >= 0.6 is 11.6 Å². The normalized spacial score (nSPS) is 10.3. The molecule has 0 aromatic heterocycles. The van der Waals surface area contributed by atoms with Crippen LogP contribution in [0.2, 0.25) is 5.02 Å². The van der Waals surface area contributed by atoms with Crippen molar-refractivity contribution in [1.82, 2.24) is 0 Å². The summed E-state index contributed by atoms with van der Waals surface area (Å²) in [6.07, 6.45) is 0. The van der Waals surface area contributed by atoms with E-state index < -0.39 is 0 Å². The first-order chi connectivity index (χ1) is 9.10. The summed E-state index contributed by atoms with van der Waals surface area (Å²) >= 11 is 5.81. The van der Waals surface area contributed by atoms with Crippen molar-refractivity contribution >= 4 is 17.3 Å². The largest absolute Gasteiger partial charge is 0.497 e. The van der Waals surface area contributed by atoms with Crippen LogP contribution < -0.4 is 15.2 Å². The third kappa shape index (κ3) is 3.29. The SMILES string of the molecule is COc1ccc(OCc2cc(Cl)ccc2F)c(N)c1. The van der Waals surface area contributed by atoms with Gasteiger partial charge in [0.25, 0.3) is 0 Å². The van der Waals surface area contributed by atoms with Crippen molar-refractivity contribution in [1.29, 1.82) is 0 Å². The van der Waals surface area contributed by atoms with Crippen molar-refractivity contribution in [2.24, 2.45) is 0 Å². The van der Waals surface area contributed by atoms with Gasteiger partial charge in [0.15, 0.2) is 0 Å². The van der Waals surface area contributed by atoms with Crippen LogP contribution in [-0.2, 0) is 6.61 Å². The molecule has 0 aliphatic rings. The van der Waals surface area contributed by atoms with Gasteiger partial charge in [0.05, 0.1) is 12.8 Å². The molecule has 0 saturated carbocycles. The first-order valence-corrected chi connectivity index (χ1v) is 5.98. The second-order valence-electron chi connectivity index (χ2n) is 3.93. The average Bonchev–Trinajstić information content (AvgIpc) is 2.40. The van der Waals surface area contributed by atoms with Gasteiger partial charge in [-0.25, -0.2) is 4.39 Å². The van der Waals surface area contributed by atoms with E-state index in [1.807, 2.05) is 0 Å². The summed E-state index contributed by atoms with van der Waals surface area (Å²) in [6, 6.07) is 9.36. The molecule has 2 aromatic rings. The van der Waals surface area contributed by atoms with Crippen LogP contribution in [0.15, 0.2) is 36.4 Å². The molecule has 0 radical (unpaired) electrons. The lowest BCUT2D eigenvalue weighted by molar-refractivity contribution is 0.301. The zero-order valence-corrected chi connectivity index (χ0v) is 11.1. The van der Waals surface area contributed by atoms with Crippen LogP contribution in [0.4, 0.5) is 10.1 Å². The molecule has 0 aliphatic heterocycles. The smallest absolute Gasteiger partial charge is 0.142 e. The number of halogens is 2. The molecule has 0 amide bonds. The molecule has 19 heavy (non-hydrogen) atoms. The van der Waals surface area contributed by atoms with Crippen LogP contribution in [0.5, 0.6) is 11.5 Å². The van der Waals surface area contributed by atoms with E-state index in [1.165, 1.54) is 18.2 Å². The number of hydrogen-bond acceptors (Lipinski definition) is 3. The Balaban J connectivity index is 2.12. The van der Waals surface area contributed by atoms with Crippen molar-refractivity contribution in [2.45, 2.75) is 6.61 Å². The van der Waals surface area contributed by atoms with Gasteiger partial charge in [-0.3, -0.25) is 0 Å². The molecule has 0 saturated heterocycles. The Kier molecular flexibility index (Phi) is 4.12. The van der Waals surface area contributed by atoms with Crippen molar-refractivity contribution in [3.8, 4) is 11.5 Å². The minimum Gasteiger partial charge on any atom is -0.497 e. The Bertz CT molecular complexity index is 590. The Morgan fingerprint density at radius 3 is 2.68 bits per heavy atom. The second-order valence-corrected chi connectivity index (χ2v) is 4.36. The summed E-state index contributed by atoms with van der Waals surface area (Å²) < 4.78 is 24.0. The van der Waals surface area contributed by atoms with Gasteiger partial charge in [0.1, 0.15) is 23.9 Å². The number of anilines is 1. The third-order valence-electron chi connectivity index (χ3n) is 2.61. The third-order valence-corrected chi connectivity index (χ3v) is 2.84. The Morgan fingerprint density at radius 2 is 2.00 bits per heavy atom. The number of methoxy groups -OCH3 is 1. The van der Waals surface area contributed by atoms with E-state index in [9.17, 15) is 4.39 Å². The predicted octanol–water partition coefficient (Wildman–Crippen LogP) is 3.65. The van der Waals surface area contributed by atoms with Gasteiger partial charge in [-0.1, -0.05) is 11.6 Å². The van der Waals surface area contributed by atoms with E-state index in [0.717, 1.165) is 0 Å². The summed E-state index contributed by atoms with van der Waals surface area (Å²) in [5.74, 6) is 0.746. The lowest BCUT2D eigenvalue weighted by atomic mass is 10.2. The highest BCUT2D eigenvalue weighted by atomic mass is 35.5. The fourth-order valence-corrected chi connectivity index (χ4v) is 1.79. The van der Waals surface area contributed by atoms with Crippen LogP contribution in [0.25, 0.3) is 0 Å². The van der Waals surface area contributed by atoms with Gasteiger partial charge in [-0.2, -0.15) is 0 Å². The van der Waals surface area contributed by atoms with Gasteiger partial charge < -0.3 is 15.2 Å². The van der Waals surface area contributed by atoms with E-state index in [-0.39, 0.29) is 12.4 Å². The highest BCUT2D eigenvalue weighted by Gasteiger charge is 2.06. The topological polar surface area (TPSA) is 44.5 Å².